The van der Waals surface area contributed by atoms with Crippen LogP contribution in [0.4, 0.5) is 17.3 Å². The van der Waals surface area contributed by atoms with E-state index in [1.54, 1.807) is 41.6 Å². The number of anilines is 3. The molecule has 2 fully saturated rings. The Balaban J connectivity index is 1.44. The van der Waals surface area contributed by atoms with Gasteiger partial charge in [0, 0.05) is 33.0 Å². The van der Waals surface area contributed by atoms with Crippen molar-refractivity contribution in [3.63, 3.8) is 0 Å². The summed E-state index contributed by atoms with van der Waals surface area (Å²) in [5.74, 6) is 0.800. The monoisotopic (exact) mass is 467 g/mol. The second-order valence-electron chi connectivity index (χ2n) is 8.63. The predicted molar refractivity (Wildman–Crippen MR) is 127 cm³/mol. The van der Waals surface area contributed by atoms with Gasteiger partial charge in [-0.05, 0) is 37.8 Å². The van der Waals surface area contributed by atoms with Crippen LogP contribution >= 0.6 is 0 Å². The quantitative estimate of drug-likeness (QED) is 0.482. The van der Waals surface area contributed by atoms with Crippen molar-refractivity contribution in [1.29, 1.82) is 0 Å². The molecular formula is C23H29N7O4. The van der Waals surface area contributed by atoms with E-state index >= 15 is 0 Å². The molecule has 1 amide bonds. The van der Waals surface area contributed by atoms with Gasteiger partial charge in [0.2, 0.25) is 0 Å². The second kappa shape index (κ2) is 9.43. The molecule has 3 aromatic rings. The van der Waals surface area contributed by atoms with Gasteiger partial charge in [0.05, 0.1) is 31.0 Å². The van der Waals surface area contributed by atoms with Crippen LogP contribution in [0.1, 0.15) is 42.1 Å². The third-order valence-corrected chi connectivity index (χ3v) is 6.57. The summed E-state index contributed by atoms with van der Waals surface area (Å²) in [4.78, 5) is 30.7. The summed E-state index contributed by atoms with van der Waals surface area (Å²) in [7, 11) is 3.41. The fourth-order valence-corrected chi connectivity index (χ4v) is 4.50. The van der Waals surface area contributed by atoms with Crippen molar-refractivity contribution < 1.29 is 14.3 Å². The summed E-state index contributed by atoms with van der Waals surface area (Å²) in [6.07, 6.45) is 6.94. The van der Waals surface area contributed by atoms with Gasteiger partial charge in [-0.25, -0.2) is 4.98 Å². The van der Waals surface area contributed by atoms with Gasteiger partial charge in [0.1, 0.15) is 22.9 Å². The number of hydrogen-bond acceptors (Lipinski definition) is 8. The van der Waals surface area contributed by atoms with E-state index in [4.69, 9.17) is 9.47 Å². The van der Waals surface area contributed by atoms with Gasteiger partial charge in [-0.15, -0.1) is 0 Å². The van der Waals surface area contributed by atoms with Crippen LogP contribution in [-0.2, 0) is 9.47 Å². The van der Waals surface area contributed by atoms with Crippen LogP contribution in [0.15, 0.2) is 35.4 Å². The van der Waals surface area contributed by atoms with Crippen molar-refractivity contribution in [2.75, 3.05) is 38.0 Å². The van der Waals surface area contributed by atoms with Crippen LogP contribution in [0.5, 0.6) is 0 Å². The van der Waals surface area contributed by atoms with Gasteiger partial charge in [-0.1, -0.05) is 0 Å². The van der Waals surface area contributed by atoms with Crippen LogP contribution in [0.2, 0.25) is 0 Å². The average molecular weight is 468 g/mol. The zero-order valence-electron chi connectivity index (χ0n) is 19.3. The molecule has 180 valence electrons. The molecule has 11 heteroatoms. The number of nitrogens with one attached hydrogen (secondary N) is 3. The summed E-state index contributed by atoms with van der Waals surface area (Å²) in [5.41, 5.74) is 0.992. The first-order chi connectivity index (χ1) is 16.6. The molecule has 3 N–H and O–H groups in total. The number of nitrogens with zero attached hydrogens (tertiary/aromatic N) is 4. The largest absolute Gasteiger partial charge is 0.379 e. The fourth-order valence-electron chi connectivity index (χ4n) is 4.50. The lowest BCUT2D eigenvalue weighted by Crippen LogP contribution is -2.51. The Morgan fingerprint density at radius 3 is 2.88 bits per heavy atom. The minimum Gasteiger partial charge on any atom is -0.379 e. The summed E-state index contributed by atoms with van der Waals surface area (Å²) in [6, 6.07) is 5.29. The Morgan fingerprint density at radius 2 is 2.18 bits per heavy atom. The Bertz CT molecular complexity index is 1250. The van der Waals surface area contributed by atoms with E-state index in [0.29, 0.717) is 35.1 Å². The van der Waals surface area contributed by atoms with Gasteiger partial charge >= 0.3 is 0 Å². The predicted octanol–water partition coefficient (Wildman–Crippen LogP) is 1.93. The standard InChI is InChI=1S/C23H29N7O4/c1-24-20-11-19(26-17-6-3-9-29(23(17)32)14-5-4-10-34-13-14)28-21-15(12-25-30(20)21)22(31)27-16-7-8-18(16)33-2/h3,6,9,11-12,14,16,18,24H,4-5,7-8,10,13H2,1-2H3,(H,26,28)(H,27,31)/t14-,16?,18?/m1/s1. The average Bonchev–Trinajstić information content (AvgIpc) is 3.27. The van der Waals surface area contributed by atoms with Gasteiger partial charge in [-0.3, -0.25) is 9.59 Å². The SMILES string of the molecule is CNc1cc(Nc2cccn([C@@H]3CCCOC3)c2=O)nc2c(C(=O)NC3CCC3OC)cnn12. The second-order valence-corrected chi connectivity index (χ2v) is 8.63. The van der Waals surface area contributed by atoms with Crippen LogP contribution in [0.3, 0.4) is 0 Å². The first-order valence-corrected chi connectivity index (χ1v) is 11.5. The summed E-state index contributed by atoms with van der Waals surface area (Å²) in [5, 5.41) is 13.6. The Kier molecular flexibility index (Phi) is 6.20. The molecule has 0 radical (unpaired) electrons. The highest BCUT2D eigenvalue weighted by atomic mass is 16.5. The van der Waals surface area contributed by atoms with E-state index in [0.717, 1.165) is 32.3 Å². The molecular weight excluding hydrogens is 438 g/mol. The molecule has 11 nitrogen and oxygen atoms in total. The molecule has 34 heavy (non-hydrogen) atoms. The Morgan fingerprint density at radius 1 is 1.29 bits per heavy atom. The van der Waals surface area contributed by atoms with Gasteiger partial charge in [0.25, 0.3) is 11.5 Å². The van der Waals surface area contributed by atoms with Crippen LogP contribution in [-0.4, -0.2) is 64.6 Å². The molecule has 0 bridgehead atoms. The van der Waals surface area contributed by atoms with Crippen LogP contribution in [0, 0.1) is 0 Å². The van der Waals surface area contributed by atoms with E-state index in [2.05, 4.69) is 26.0 Å². The van der Waals surface area contributed by atoms with E-state index in [9.17, 15) is 9.59 Å². The number of carbonyl (C=O) groups excluding carboxylic acids is 1. The molecule has 3 atom stereocenters. The fraction of sp³-hybridized carbons (Fsp3) is 0.478. The Labute approximate surface area is 196 Å². The molecule has 5 rings (SSSR count). The lowest BCUT2D eigenvalue weighted by molar-refractivity contribution is 0.00732. The number of pyridine rings is 1. The summed E-state index contributed by atoms with van der Waals surface area (Å²) in [6.45, 7) is 1.25. The van der Waals surface area contributed by atoms with Crippen molar-refractivity contribution >= 4 is 28.9 Å². The van der Waals surface area contributed by atoms with Gasteiger partial charge in [-0.2, -0.15) is 9.61 Å². The number of fused-ring (bicyclic) bond motifs is 1. The van der Waals surface area contributed by atoms with Crippen molar-refractivity contribution in [2.24, 2.45) is 0 Å². The molecule has 1 saturated heterocycles. The normalized spacial score (nSPS) is 22.2. The molecule has 2 aliphatic rings. The molecule has 1 aliphatic heterocycles. The van der Waals surface area contributed by atoms with Crippen LogP contribution in [0.25, 0.3) is 5.65 Å². The van der Waals surface area contributed by atoms with Crippen LogP contribution < -0.4 is 21.5 Å². The molecule has 1 aliphatic carbocycles. The molecule has 3 aromatic heterocycles. The number of rotatable bonds is 7. The van der Waals surface area contributed by atoms with Crippen molar-refractivity contribution in [3.8, 4) is 0 Å². The topological polar surface area (TPSA) is 124 Å². The molecule has 1 saturated carbocycles. The minimum atomic E-state index is -0.257. The maximum absolute atomic E-state index is 13.1. The highest BCUT2D eigenvalue weighted by molar-refractivity contribution is 6.00. The number of amides is 1. The first-order valence-electron chi connectivity index (χ1n) is 11.5. The first kappa shape index (κ1) is 22.4. The number of carbonyl (C=O) groups is 1. The number of aromatic nitrogens is 4. The maximum atomic E-state index is 13.1. The third kappa shape index (κ3) is 4.12. The van der Waals surface area contributed by atoms with Crippen molar-refractivity contribution in [1.82, 2.24) is 24.5 Å². The number of ether oxygens (including phenoxy) is 2. The van der Waals surface area contributed by atoms with E-state index < -0.39 is 0 Å². The van der Waals surface area contributed by atoms with Crippen molar-refractivity contribution in [3.05, 3.63) is 46.5 Å². The summed E-state index contributed by atoms with van der Waals surface area (Å²) >= 11 is 0. The van der Waals surface area contributed by atoms with E-state index in [1.165, 1.54) is 6.20 Å². The highest BCUT2D eigenvalue weighted by Gasteiger charge is 2.33. The maximum Gasteiger partial charge on any atom is 0.274 e. The molecule has 2 unspecified atom stereocenters. The minimum absolute atomic E-state index is 0.0128. The molecule has 4 heterocycles. The lowest BCUT2D eigenvalue weighted by atomic mass is 9.89. The third-order valence-electron chi connectivity index (χ3n) is 6.57. The summed E-state index contributed by atoms with van der Waals surface area (Å²) < 4.78 is 14.2. The van der Waals surface area contributed by atoms with Gasteiger partial charge < -0.3 is 30.0 Å². The van der Waals surface area contributed by atoms with E-state index in [-0.39, 0.29) is 29.7 Å². The van der Waals surface area contributed by atoms with Crippen molar-refractivity contribution in [2.45, 2.75) is 43.9 Å². The number of methoxy groups -OCH3 is 1. The zero-order valence-corrected chi connectivity index (χ0v) is 19.3. The lowest BCUT2D eigenvalue weighted by Gasteiger charge is -2.35. The zero-order chi connectivity index (χ0) is 23.7. The molecule has 0 aromatic carbocycles. The number of hydrogen-bond donors (Lipinski definition) is 3. The smallest absolute Gasteiger partial charge is 0.274 e. The highest BCUT2D eigenvalue weighted by Crippen LogP contribution is 2.25. The van der Waals surface area contributed by atoms with Gasteiger partial charge in [0.15, 0.2) is 5.65 Å². The Hall–Kier alpha value is -3.44. The molecule has 0 spiro atoms. The van der Waals surface area contributed by atoms with E-state index in [1.807, 2.05) is 6.07 Å².